The molecule has 1 aromatic rings. The summed E-state index contributed by atoms with van der Waals surface area (Å²) in [5.74, 6) is -0.551. The summed E-state index contributed by atoms with van der Waals surface area (Å²) in [6.45, 7) is 2.28. The average molecular weight is 384 g/mol. The zero-order chi connectivity index (χ0) is 14.8. The largest absolute Gasteiger partial charge is 0.390 e. The van der Waals surface area contributed by atoms with Gasteiger partial charge in [-0.1, -0.05) is 17.7 Å². The first-order valence-electron chi connectivity index (χ1n) is 6.33. The van der Waals surface area contributed by atoms with Crippen LogP contribution in [0, 0.1) is 5.82 Å². The molecule has 0 aromatic heterocycles. The van der Waals surface area contributed by atoms with Crippen LogP contribution < -0.4 is 5.32 Å². The van der Waals surface area contributed by atoms with Crippen LogP contribution in [-0.4, -0.2) is 37.3 Å². The maximum atomic E-state index is 13.1. The van der Waals surface area contributed by atoms with E-state index in [0.717, 1.165) is 12.1 Å². The van der Waals surface area contributed by atoms with Gasteiger partial charge in [0.1, 0.15) is 5.82 Å². The van der Waals surface area contributed by atoms with Gasteiger partial charge in [0, 0.05) is 37.2 Å². The number of nitrogens with one attached hydrogen (secondary N) is 1. The lowest BCUT2D eigenvalue weighted by Gasteiger charge is -2.36. The van der Waals surface area contributed by atoms with E-state index in [1.54, 1.807) is 4.90 Å². The monoisotopic (exact) mass is 382 g/mol. The van der Waals surface area contributed by atoms with Crippen LogP contribution in [0.3, 0.4) is 0 Å². The molecule has 0 radical (unpaired) electrons. The van der Waals surface area contributed by atoms with Crippen molar-refractivity contribution in [2.75, 3.05) is 26.2 Å². The standard InChI is InChI=1S/C13H15ClF4N2.2ClH/c14-11-7-9(15)1-2-10(11)12(8-13(16,17)18)20-5-3-19-4-6-20;;/h1-2,7,12,19H,3-6,8H2;2*1H/t12-;;/m1../s1. The second kappa shape index (κ2) is 9.13. The molecule has 2 nitrogen and oxygen atoms in total. The lowest BCUT2D eigenvalue weighted by atomic mass is 10.0. The zero-order valence-electron chi connectivity index (χ0n) is 11.5. The zero-order valence-corrected chi connectivity index (χ0v) is 13.9. The molecule has 0 amide bonds. The van der Waals surface area contributed by atoms with E-state index in [1.165, 1.54) is 6.07 Å². The molecule has 1 aliphatic rings. The van der Waals surface area contributed by atoms with Crippen LogP contribution in [0.25, 0.3) is 0 Å². The molecule has 0 saturated carbocycles. The molecule has 9 heteroatoms. The minimum atomic E-state index is -4.30. The van der Waals surface area contributed by atoms with Gasteiger partial charge in [0.15, 0.2) is 0 Å². The Hall–Kier alpha value is -0.270. The van der Waals surface area contributed by atoms with E-state index in [1.807, 2.05) is 0 Å². The maximum absolute atomic E-state index is 13.1. The first kappa shape index (κ1) is 21.7. The molecule has 22 heavy (non-hydrogen) atoms. The van der Waals surface area contributed by atoms with Crippen LogP contribution >= 0.6 is 36.4 Å². The lowest BCUT2D eigenvalue weighted by molar-refractivity contribution is -0.148. The Balaban J connectivity index is 0.00000220. The number of benzene rings is 1. The molecule has 1 heterocycles. The van der Waals surface area contributed by atoms with Gasteiger partial charge in [-0.25, -0.2) is 4.39 Å². The SMILES string of the molecule is Cl.Cl.Fc1ccc([C@@H](CC(F)(F)F)N2CCNCC2)c(Cl)c1. The Kier molecular flexibility index (Phi) is 9.02. The summed E-state index contributed by atoms with van der Waals surface area (Å²) in [5.41, 5.74) is 0.326. The molecule has 1 aromatic carbocycles. The van der Waals surface area contributed by atoms with E-state index in [-0.39, 0.29) is 29.8 Å². The minimum Gasteiger partial charge on any atom is -0.314 e. The summed E-state index contributed by atoms with van der Waals surface area (Å²) in [6.07, 6.45) is -5.29. The third kappa shape index (κ3) is 6.08. The van der Waals surface area contributed by atoms with Crippen LogP contribution in [-0.2, 0) is 0 Å². The van der Waals surface area contributed by atoms with Gasteiger partial charge in [-0.3, -0.25) is 4.90 Å². The smallest absolute Gasteiger partial charge is 0.314 e. The summed E-state index contributed by atoms with van der Waals surface area (Å²) in [4.78, 5) is 1.74. The third-order valence-corrected chi connectivity index (χ3v) is 3.67. The van der Waals surface area contributed by atoms with Crippen molar-refractivity contribution in [3.8, 4) is 0 Å². The molecule has 128 valence electrons. The Morgan fingerprint density at radius 2 is 1.77 bits per heavy atom. The fourth-order valence-corrected chi connectivity index (χ4v) is 2.71. The van der Waals surface area contributed by atoms with Crippen LogP contribution in [0.5, 0.6) is 0 Å². The van der Waals surface area contributed by atoms with Crippen LogP contribution in [0.15, 0.2) is 18.2 Å². The average Bonchev–Trinajstić information content (AvgIpc) is 2.36. The van der Waals surface area contributed by atoms with Crippen molar-refractivity contribution in [1.82, 2.24) is 10.2 Å². The van der Waals surface area contributed by atoms with Gasteiger partial charge >= 0.3 is 6.18 Å². The fourth-order valence-electron chi connectivity index (χ4n) is 2.42. The molecule has 1 aliphatic heterocycles. The summed E-state index contributed by atoms with van der Waals surface area (Å²) < 4.78 is 51.5. The van der Waals surface area contributed by atoms with Crippen molar-refractivity contribution >= 4 is 36.4 Å². The van der Waals surface area contributed by atoms with Gasteiger partial charge in [-0.15, -0.1) is 24.8 Å². The number of hydrogen-bond donors (Lipinski definition) is 1. The number of hydrogen-bond acceptors (Lipinski definition) is 2. The van der Waals surface area contributed by atoms with Crippen LogP contribution in [0.1, 0.15) is 18.0 Å². The summed E-state index contributed by atoms with van der Waals surface area (Å²) in [5, 5.41) is 3.13. The molecule has 1 saturated heterocycles. The van der Waals surface area contributed by atoms with E-state index in [0.29, 0.717) is 31.7 Å². The second-order valence-electron chi connectivity index (χ2n) is 4.79. The Bertz CT molecular complexity index is 465. The van der Waals surface area contributed by atoms with Crippen molar-refractivity contribution in [3.63, 3.8) is 0 Å². The molecule has 1 N–H and O–H groups in total. The number of halogens is 7. The van der Waals surface area contributed by atoms with Gasteiger partial charge in [0.25, 0.3) is 0 Å². The quantitative estimate of drug-likeness (QED) is 0.786. The van der Waals surface area contributed by atoms with Crippen molar-refractivity contribution in [1.29, 1.82) is 0 Å². The minimum absolute atomic E-state index is 0. The van der Waals surface area contributed by atoms with Crippen molar-refractivity contribution < 1.29 is 17.6 Å². The number of nitrogens with zero attached hydrogens (tertiary/aromatic N) is 1. The normalized spacial score (nSPS) is 17.3. The second-order valence-corrected chi connectivity index (χ2v) is 5.19. The van der Waals surface area contributed by atoms with E-state index in [2.05, 4.69) is 5.32 Å². The fraction of sp³-hybridized carbons (Fsp3) is 0.538. The lowest BCUT2D eigenvalue weighted by Crippen LogP contribution is -2.46. The maximum Gasteiger partial charge on any atom is 0.390 e. The van der Waals surface area contributed by atoms with Crippen molar-refractivity contribution in [3.05, 3.63) is 34.6 Å². The highest BCUT2D eigenvalue weighted by atomic mass is 35.5. The Morgan fingerprint density at radius 1 is 1.18 bits per heavy atom. The number of rotatable bonds is 3. The number of piperazine rings is 1. The summed E-state index contributed by atoms with van der Waals surface area (Å²) in [6, 6.07) is 2.68. The topological polar surface area (TPSA) is 15.3 Å². The summed E-state index contributed by atoms with van der Waals surface area (Å²) >= 11 is 5.92. The first-order valence-corrected chi connectivity index (χ1v) is 6.71. The van der Waals surface area contributed by atoms with Gasteiger partial charge < -0.3 is 5.32 Å². The van der Waals surface area contributed by atoms with Crippen LogP contribution in [0.2, 0.25) is 5.02 Å². The molecular formula is C13H17Cl3F4N2. The molecule has 0 spiro atoms. The van der Waals surface area contributed by atoms with E-state index in [4.69, 9.17) is 11.6 Å². The van der Waals surface area contributed by atoms with Gasteiger partial charge in [-0.2, -0.15) is 13.2 Å². The van der Waals surface area contributed by atoms with E-state index < -0.39 is 24.5 Å². The molecule has 0 bridgehead atoms. The highest BCUT2D eigenvalue weighted by Crippen LogP contribution is 2.37. The molecule has 1 fully saturated rings. The molecule has 2 rings (SSSR count). The van der Waals surface area contributed by atoms with E-state index in [9.17, 15) is 17.6 Å². The van der Waals surface area contributed by atoms with E-state index >= 15 is 0 Å². The Morgan fingerprint density at radius 3 is 2.27 bits per heavy atom. The summed E-state index contributed by atoms with van der Waals surface area (Å²) in [7, 11) is 0. The highest BCUT2D eigenvalue weighted by Gasteiger charge is 2.36. The Labute approximate surface area is 144 Å². The van der Waals surface area contributed by atoms with Crippen molar-refractivity contribution in [2.45, 2.75) is 18.6 Å². The van der Waals surface area contributed by atoms with Gasteiger partial charge in [0.05, 0.1) is 6.42 Å². The van der Waals surface area contributed by atoms with Gasteiger partial charge in [-0.05, 0) is 17.7 Å². The number of alkyl halides is 3. The molecular weight excluding hydrogens is 367 g/mol. The predicted octanol–water partition coefficient (Wildman–Crippen LogP) is 4.22. The molecule has 0 aliphatic carbocycles. The van der Waals surface area contributed by atoms with Crippen molar-refractivity contribution in [2.24, 2.45) is 0 Å². The third-order valence-electron chi connectivity index (χ3n) is 3.34. The first-order chi connectivity index (χ1) is 9.37. The van der Waals surface area contributed by atoms with Gasteiger partial charge in [0.2, 0.25) is 0 Å². The molecule has 1 atom stereocenters. The highest BCUT2D eigenvalue weighted by molar-refractivity contribution is 6.31. The predicted molar refractivity (Wildman–Crippen MR) is 83.8 cm³/mol. The van der Waals surface area contributed by atoms with Crippen LogP contribution in [0.4, 0.5) is 17.6 Å². The molecule has 0 unspecified atom stereocenters.